The number of piperidine rings is 1. The highest BCUT2D eigenvalue weighted by molar-refractivity contribution is 5.81. The predicted octanol–water partition coefficient (Wildman–Crippen LogP) is 1.57. The number of carbonyl (C=O) groups excluding carboxylic acids is 2. The van der Waals surface area contributed by atoms with Crippen molar-refractivity contribution in [2.45, 2.75) is 19.3 Å². The Labute approximate surface area is 143 Å². The predicted molar refractivity (Wildman–Crippen MR) is 91.2 cm³/mol. The van der Waals surface area contributed by atoms with Gasteiger partial charge in [-0.05, 0) is 30.5 Å². The van der Waals surface area contributed by atoms with Gasteiger partial charge in [-0.15, -0.1) is 0 Å². The summed E-state index contributed by atoms with van der Waals surface area (Å²) in [4.78, 5) is 28.0. The highest BCUT2D eigenvalue weighted by Gasteiger charge is 2.28. The third-order valence-electron chi connectivity index (χ3n) is 4.44. The molecule has 2 amide bonds. The molecular weight excluding hydrogens is 308 g/mol. The molecule has 0 radical (unpaired) electrons. The maximum absolute atomic E-state index is 12.5. The number of amides is 2. The van der Waals surface area contributed by atoms with Gasteiger partial charge in [0.2, 0.25) is 11.8 Å². The molecule has 6 heteroatoms. The molecule has 1 aromatic carbocycles. The van der Waals surface area contributed by atoms with Crippen LogP contribution in [0.2, 0.25) is 0 Å². The van der Waals surface area contributed by atoms with E-state index in [4.69, 9.17) is 9.47 Å². The van der Waals surface area contributed by atoms with Crippen molar-refractivity contribution in [3.05, 3.63) is 23.8 Å². The zero-order valence-corrected chi connectivity index (χ0v) is 14.9. The summed E-state index contributed by atoms with van der Waals surface area (Å²) in [5, 5.41) is 0. The molecule has 0 atom stereocenters. The highest BCUT2D eigenvalue weighted by Crippen LogP contribution is 2.28. The molecular formula is C18H26N2O4. The Morgan fingerprint density at radius 2 is 1.75 bits per heavy atom. The Morgan fingerprint density at radius 1 is 1.12 bits per heavy atom. The normalized spacial score (nSPS) is 15.1. The second-order valence-corrected chi connectivity index (χ2v) is 6.25. The number of nitrogens with zero attached hydrogens (tertiary/aromatic N) is 2. The van der Waals surface area contributed by atoms with E-state index in [0.717, 1.165) is 18.4 Å². The van der Waals surface area contributed by atoms with Crippen LogP contribution in [0, 0.1) is 5.92 Å². The summed E-state index contributed by atoms with van der Waals surface area (Å²) in [5.41, 5.74) is 0.893. The maximum atomic E-state index is 12.5. The monoisotopic (exact) mass is 334 g/mol. The van der Waals surface area contributed by atoms with Crippen LogP contribution in [0.4, 0.5) is 0 Å². The zero-order valence-electron chi connectivity index (χ0n) is 14.9. The van der Waals surface area contributed by atoms with Crippen molar-refractivity contribution in [2.24, 2.45) is 5.92 Å². The van der Waals surface area contributed by atoms with Crippen molar-refractivity contribution in [2.75, 3.05) is 41.4 Å². The molecule has 0 unspecified atom stereocenters. The Hall–Kier alpha value is -2.24. The molecule has 1 fully saturated rings. The molecule has 1 aromatic rings. The van der Waals surface area contributed by atoms with Crippen LogP contribution in [0.25, 0.3) is 0 Å². The van der Waals surface area contributed by atoms with E-state index in [1.54, 1.807) is 33.2 Å². The molecule has 132 valence electrons. The molecule has 1 aliphatic rings. The maximum Gasteiger partial charge on any atom is 0.226 e. The van der Waals surface area contributed by atoms with E-state index in [9.17, 15) is 9.59 Å². The van der Waals surface area contributed by atoms with E-state index < -0.39 is 0 Å². The summed E-state index contributed by atoms with van der Waals surface area (Å²) in [5.74, 6) is 1.54. The van der Waals surface area contributed by atoms with E-state index in [2.05, 4.69) is 0 Å². The lowest BCUT2D eigenvalue weighted by Gasteiger charge is -2.32. The average Bonchev–Trinajstić information content (AvgIpc) is 2.60. The number of likely N-dealkylation sites (tertiary alicyclic amines) is 1. The van der Waals surface area contributed by atoms with Crippen molar-refractivity contribution in [3.8, 4) is 11.5 Å². The largest absolute Gasteiger partial charge is 0.493 e. The van der Waals surface area contributed by atoms with E-state index in [-0.39, 0.29) is 17.7 Å². The number of hydrogen-bond donors (Lipinski definition) is 0. The van der Waals surface area contributed by atoms with E-state index in [0.29, 0.717) is 31.0 Å². The number of hydrogen-bond acceptors (Lipinski definition) is 4. The summed E-state index contributed by atoms with van der Waals surface area (Å²) in [6.45, 7) is 1.27. The summed E-state index contributed by atoms with van der Waals surface area (Å²) < 4.78 is 10.5. The zero-order chi connectivity index (χ0) is 17.7. The van der Waals surface area contributed by atoms with E-state index >= 15 is 0 Å². The number of ether oxygens (including phenoxy) is 2. The quantitative estimate of drug-likeness (QED) is 0.820. The minimum absolute atomic E-state index is 0.0325. The van der Waals surface area contributed by atoms with Crippen LogP contribution < -0.4 is 9.47 Å². The van der Waals surface area contributed by atoms with Gasteiger partial charge in [0.1, 0.15) is 0 Å². The van der Waals surface area contributed by atoms with Gasteiger partial charge in [0.15, 0.2) is 11.5 Å². The second kappa shape index (κ2) is 8.04. The van der Waals surface area contributed by atoms with Gasteiger partial charge in [-0.3, -0.25) is 9.59 Å². The third kappa shape index (κ3) is 4.19. The molecule has 0 bridgehead atoms. The third-order valence-corrected chi connectivity index (χ3v) is 4.44. The Morgan fingerprint density at radius 3 is 2.29 bits per heavy atom. The summed E-state index contributed by atoms with van der Waals surface area (Å²) in [6, 6.07) is 5.52. The van der Waals surface area contributed by atoms with Crippen LogP contribution in [0.5, 0.6) is 11.5 Å². The molecule has 0 saturated carbocycles. The van der Waals surface area contributed by atoms with E-state index in [1.807, 2.05) is 23.1 Å². The SMILES string of the molecule is COc1ccc(CC(=O)N2CCC(C(=O)N(C)C)CC2)cc1OC. The van der Waals surface area contributed by atoms with Crippen LogP contribution in [-0.2, 0) is 16.0 Å². The molecule has 6 nitrogen and oxygen atoms in total. The Bertz CT molecular complexity index is 593. The van der Waals surface area contributed by atoms with Gasteiger partial charge in [0, 0.05) is 33.1 Å². The van der Waals surface area contributed by atoms with Crippen LogP contribution in [-0.4, -0.2) is 63.0 Å². The van der Waals surface area contributed by atoms with Gasteiger partial charge in [0.05, 0.1) is 20.6 Å². The lowest BCUT2D eigenvalue weighted by Crippen LogP contribution is -2.43. The Kier molecular flexibility index (Phi) is 6.06. The first kappa shape index (κ1) is 18.1. The molecule has 1 heterocycles. The molecule has 1 aliphatic heterocycles. The number of carbonyl (C=O) groups is 2. The van der Waals surface area contributed by atoms with E-state index in [1.165, 1.54) is 0 Å². The second-order valence-electron chi connectivity index (χ2n) is 6.25. The van der Waals surface area contributed by atoms with Crippen molar-refractivity contribution in [1.29, 1.82) is 0 Å². The fraction of sp³-hybridized carbons (Fsp3) is 0.556. The van der Waals surface area contributed by atoms with Crippen molar-refractivity contribution >= 4 is 11.8 Å². The average molecular weight is 334 g/mol. The topological polar surface area (TPSA) is 59.1 Å². The van der Waals surface area contributed by atoms with Crippen molar-refractivity contribution in [1.82, 2.24) is 9.80 Å². The minimum atomic E-state index is 0.0325. The van der Waals surface area contributed by atoms with Gasteiger partial charge in [-0.25, -0.2) is 0 Å². The molecule has 0 aliphatic carbocycles. The lowest BCUT2D eigenvalue weighted by molar-refractivity contribution is -0.138. The Balaban J connectivity index is 1.93. The lowest BCUT2D eigenvalue weighted by atomic mass is 9.95. The van der Waals surface area contributed by atoms with Crippen molar-refractivity contribution in [3.63, 3.8) is 0 Å². The standard InChI is InChI=1S/C18H26N2O4/c1-19(2)18(22)14-7-9-20(10-8-14)17(21)12-13-5-6-15(23-3)16(11-13)24-4/h5-6,11,14H,7-10,12H2,1-4H3. The fourth-order valence-electron chi connectivity index (χ4n) is 3.02. The number of benzene rings is 1. The van der Waals surface area contributed by atoms with Crippen LogP contribution in [0.3, 0.4) is 0 Å². The molecule has 0 aromatic heterocycles. The molecule has 0 spiro atoms. The molecule has 1 saturated heterocycles. The summed E-state index contributed by atoms with van der Waals surface area (Å²) in [6.07, 6.45) is 1.79. The minimum Gasteiger partial charge on any atom is -0.493 e. The first-order valence-electron chi connectivity index (χ1n) is 8.16. The van der Waals surface area contributed by atoms with Crippen molar-refractivity contribution < 1.29 is 19.1 Å². The number of rotatable bonds is 5. The van der Waals surface area contributed by atoms with Gasteiger partial charge in [-0.1, -0.05) is 6.07 Å². The first-order valence-corrected chi connectivity index (χ1v) is 8.16. The summed E-state index contributed by atoms with van der Waals surface area (Å²) in [7, 11) is 6.71. The van der Waals surface area contributed by atoms with Crippen LogP contribution in [0.15, 0.2) is 18.2 Å². The molecule has 24 heavy (non-hydrogen) atoms. The molecule has 2 rings (SSSR count). The molecule has 0 N–H and O–H groups in total. The highest BCUT2D eigenvalue weighted by atomic mass is 16.5. The summed E-state index contributed by atoms with van der Waals surface area (Å²) >= 11 is 0. The van der Waals surface area contributed by atoms with Gasteiger partial charge < -0.3 is 19.3 Å². The smallest absolute Gasteiger partial charge is 0.226 e. The van der Waals surface area contributed by atoms with Crippen LogP contribution in [0.1, 0.15) is 18.4 Å². The number of methoxy groups -OCH3 is 2. The van der Waals surface area contributed by atoms with Gasteiger partial charge >= 0.3 is 0 Å². The van der Waals surface area contributed by atoms with Crippen LogP contribution >= 0.6 is 0 Å². The van der Waals surface area contributed by atoms with Gasteiger partial charge in [-0.2, -0.15) is 0 Å². The fourth-order valence-corrected chi connectivity index (χ4v) is 3.02. The van der Waals surface area contributed by atoms with Gasteiger partial charge in [0.25, 0.3) is 0 Å². The first-order chi connectivity index (χ1) is 11.5.